The number of carbonyl (C=O) groups is 2. The molecule has 0 radical (unpaired) electrons. The van der Waals surface area contributed by atoms with Gasteiger partial charge in [0.15, 0.2) is 23.0 Å². The number of hydrogen-bond acceptors (Lipinski definition) is 9. The van der Waals surface area contributed by atoms with Crippen molar-refractivity contribution in [2.24, 2.45) is 11.8 Å². The molecule has 1 saturated heterocycles. The van der Waals surface area contributed by atoms with Crippen molar-refractivity contribution in [3.8, 4) is 28.7 Å². The highest BCUT2D eigenvalue weighted by molar-refractivity contribution is 5.79. The molecule has 0 aromatic heterocycles. The number of hydrogen-bond donors (Lipinski definition) is 0. The van der Waals surface area contributed by atoms with Gasteiger partial charge in [-0.1, -0.05) is 6.92 Å². The largest absolute Gasteiger partial charge is 0.493 e. The number of benzene rings is 2. The van der Waals surface area contributed by atoms with Crippen molar-refractivity contribution in [1.29, 1.82) is 0 Å². The summed E-state index contributed by atoms with van der Waals surface area (Å²) in [4.78, 5) is 25.7. The Kier molecular flexibility index (Phi) is 6.08. The normalized spacial score (nSPS) is 23.7. The van der Waals surface area contributed by atoms with Crippen LogP contribution in [-0.4, -0.2) is 46.7 Å². The van der Waals surface area contributed by atoms with Crippen molar-refractivity contribution in [2.45, 2.75) is 31.8 Å². The van der Waals surface area contributed by atoms with Crippen LogP contribution in [0.2, 0.25) is 0 Å². The predicted molar refractivity (Wildman–Crippen MR) is 122 cm³/mol. The van der Waals surface area contributed by atoms with Gasteiger partial charge in [0.05, 0.1) is 33.9 Å². The minimum Gasteiger partial charge on any atom is -0.493 e. The quantitative estimate of drug-likeness (QED) is 0.544. The Hall–Kier alpha value is -3.62. The van der Waals surface area contributed by atoms with Crippen LogP contribution in [0.25, 0.3) is 0 Å². The highest BCUT2D eigenvalue weighted by Gasteiger charge is 2.54. The number of fused-ring (bicyclic) bond motifs is 3. The fourth-order valence-electron chi connectivity index (χ4n) is 5.35. The smallest absolute Gasteiger partial charge is 0.310 e. The van der Waals surface area contributed by atoms with Crippen LogP contribution >= 0.6 is 0 Å². The van der Waals surface area contributed by atoms with Crippen LogP contribution < -0.4 is 23.7 Å². The first-order valence-electron chi connectivity index (χ1n) is 11.6. The third kappa shape index (κ3) is 3.79. The molecule has 1 aliphatic carbocycles. The van der Waals surface area contributed by atoms with Crippen LogP contribution in [0.5, 0.6) is 28.7 Å². The first-order chi connectivity index (χ1) is 17.0. The van der Waals surface area contributed by atoms with E-state index in [1.54, 1.807) is 14.2 Å². The predicted octanol–water partition coefficient (Wildman–Crippen LogP) is 3.76. The van der Waals surface area contributed by atoms with Gasteiger partial charge in [0, 0.05) is 23.8 Å². The van der Waals surface area contributed by atoms with E-state index in [0.29, 0.717) is 41.6 Å². The summed E-state index contributed by atoms with van der Waals surface area (Å²) in [5.74, 6) is 0.542. The molecule has 186 valence electrons. The fourth-order valence-corrected chi connectivity index (χ4v) is 5.35. The summed E-state index contributed by atoms with van der Waals surface area (Å²) in [6.07, 6.45) is 0.309. The number of cyclic esters (lactones) is 1. The Morgan fingerprint density at radius 1 is 0.943 bits per heavy atom. The number of carbonyl (C=O) groups excluding carboxylic acids is 2. The van der Waals surface area contributed by atoms with Crippen LogP contribution in [0.4, 0.5) is 0 Å². The molecule has 9 nitrogen and oxygen atoms in total. The highest BCUT2D eigenvalue weighted by Crippen LogP contribution is 2.56. The van der Waals surface area contributed by atoms with Gasteiger partial charge in [0.25, 0.3) is 0 Å². The monoisotopic (exact) mass is 484 g/mol. The molecular formula is C26H28O9. The molecule has 0 saturated carbocycles. The molecule has 2 aromatic rings. The second-order valence-electron chi connectivity index (χ2n) is 8.75. The van der Waals surface area contributed by atoms with Crippen LogP contribution in [0.3, 0.4) is 0 Å². The van der Waals surface area contributed by atoms with Crippen LogP contribution in [0, 0.1) is 11.8 Å². The van der Waals surface area contributed by atoms with Crippen molar-refractivity contribution in [2.75, 3.05) is 34.7 Å². The summed E-state index contributed by atoms with van der Waals surface area (Å²) < 4.78 is 39.4. The zero-order chi connectivity index (χ0) is 24.7. The summed E-state index contributed by atoms with van der Waals surface area (Å²) in [6, 6.07) is 7.40. The Balaban J connectivity index is 1.71. The van der Waals surface area contributed by atoms with Gasteiger partial charge in [0.2, 0.25) is 12.5 Å². The van der Waals surface area contributed by atoms with E-state index in [4.69, 9.17) is 33.2 Å². The van der Waals surface area contributed by atoms with Gasteiger partial charge < -0.3 is 33.2 Å². The minimum absolute atomic E-state index is 0.0995. The summed E-state index contributed by atoms with van der Waals surface area (Å²) >= 11 is 0. The minimum atomic E-state index is -0.645. The van der Waals surface area contributed by atoms with E-state index in [1.807, 2.05) is 31.2 Å². The lowest BCUT2D eigenvalue weighted by Crippen LogP contribution is -2.36. The number of rotatable bonds is 7. The molecule has 5 rings (SSSR count). The molecule has 9 heteroatoms. The topological polar surface area (TPSA) is 98.8 Å². The maximum absolute atomic E-state index is 13.1. The third-order valence-corrected chi connectivity index (χ3v) is 6.88. The SMILES string of the molecule is CCCC(=O)OC1c2cc3c(cc2C(c2cc(OC)c(OC)c(OC)c2)C2C(=O)OCC12)OCO3. The van der Waals surface area contributed by atoms with E-state index in [1.165, 1.54) is 7.11 Å². The lowest BCUT2D eigenvalue weighted by molar-refractivity contribution is -0.154. The molecule has 0 amide bonds. The van der Waals surface area contributed by atoms with Crippen molar-refractivity contribution in [3.05, 3.63) is 41.0 Å². The molecule has 4 unspecified atom stereocenters. The van der Waals surface area contributed by atoms with E-state index in [2.05, 4.69) is 0 Å². The zero-order valence-electron chi connectivity index (χ0n) is 20.1. The van der Waals surface area contributed by atoms with E-state index < -0.39 is 17.9 Å². The van der Waals surface area contributed by atoms with Gasteiger partial charge in [-0.2, -0.15) is 0 Å². The average Bonchev–Trinajstić information content (AvgIpc) is 3.48. The van der Waals surface area contributed by atoms with Gasteiger partial charge in [0.1, 0.15) is 6.10 Å². The average molecular weight is 485 g/mol. The van der Waals surface area contributed by atoms with E-state index in [-0.39, 0.29) is 31.3 Å². The molecule has 2 aliphatic heterocycles. The summed E-state index contributed by atoms with van der Waals surface area (Å²) in [6.45, 7) is 2.17. The Morgan fingerprint density at radius 2 is 1.60 bits per heavy atom. The van der Waals surface area contributed by atoms with Crippen molar-refractivity contribution in [3.63, 3.8) is 0 Å². The third-order valence-electron chi connectivity index (χ3n) is 6.88. The summed E-state index contributed by atoms with van der Waals surface area (Å²) in [7, 11) is 4.63. The van der Waals surface area contributed by atoms with E-state index >= 15 is 0 Å². The second kappa shape index (κ2) is 9.20. The summed E-state index contributed by atoms with van der Waals surface area (Å²) in [5.41, 5.74) is 2.36. The molecule has 0 bridgehead atoms. The number of esters is 2. The number of ether oxygens (including phenoxy) is 7. The molecular weight excluding hydrogens is 456 g/mol. The van der Waals surface area contributed by atoms with Gasteiger partial charge in [-0.15, -0.1) is 0 Å². The molecule has 2 aromatic carbocycles. The van der Waals surface area contributed by atoms with Gasteiger partial charge in [-0.3, -0.25) is 9.59 Å². The van der Waals surface area contributed by atoms with Crippen LogP contribution in [-0.2, 0) is 19.1 Å². The second-order valence-corrected chi connectivity index (χ2v) is 8.75. The Morgan fingerprint density at radius 3 is 2.20 bits per heavy atom. The first kappa shape index (κ1) is 23.1. The van der Waals surface area contributed by atoms with E-state index in [9.17, 15) is 9.59 Å². The molecule has 35 heavy (non-hydrogen) atoms. The van der Waals surface area contributed by atoms with Crippen molar-refractivity contribution in [1.82, 2.24) is 0 Å². The lowest BCUT2D eigenvalue weighted by Gasteiger charge is -2.38. The van der Waals surface area contributed by atoms with Crippen molar-refractivity contribution < 1.29 is 42.7 Å². The first-order valence-corrected chi connectivity index (χ1v) is 11.6. The van der Waals surface area contributed by atoms with Gasteiger partial charge in [-0.05, 0) is 41.8 Å². The van der Waals surface area contributed by atoms with Gasteiger partial charge >= 0.3 is 11.9 Å². The lowest BCUT2D eigenvalue weighted by atomic mass is 9.66. The van der Waals surface area contributed by atoms with Crippen LogP contribution in [0.15, 0.2) is 24.3 Å². The molecule has 1 fully saturated rings. The molecule has 4 atom stereocenters. The molecule has 2 heterocycles. The Bertz CT molecular complexity index is 1130. The fraction of sp³-hybridized carbons (Fsp3) is 0.462. The maximum atomic E-state index is 13.1. The summed E-state index contributed by atoms with van der Waals surface area (Å²) in [5, 5.41) is 0. The molecule has 0 spiro atoms. The molecule has 0 N–H and O–H groups in total. The van der Waals surface area contributed by atoms with Crippen molar-refractivity contribution >= 4 is 11.9 Å². The van der Waals surface area contributed by atoms with Crippen LogP contribution in [0.1, 0.15) is 48.5 Å². The van der Waals surface area contributed by atoms with E-state index in [0.717, 1.165) is 16.7 Å². The van der Waals surface area contributed by atoms with Gasteiger partial charge in [-0.25, -0.2) is 0 Å². The zero-order valence-corrected chi connectivity index (χ0v) is 20.1. The highest BCUT2D eigenvalue weighted by atomic mass is 16.7. The molecule has 3 aliphatic rings. The Labute approximate surface area is 203 Å². The number of methoxy groups -OCH3 is 3. The maximum Gasteiger partial charge on any atom is 0.310 e. The standard InChI is InChI=1S/C26H28O9/c1-5-6-21(27)35-24-15-10-18-17(33-12-34-18)9-14(15)22(23-16(24)11-32-26(23)28)13-7-19(29-2)25(31-4)20(8-13)30-3/h7-10,16,22-24H,5-6,11-12H2,1-4H3.